The Labute approximate surface area is 111 Å². The summed E-state index contributed by atoms with van der Waals surface area (Å²) < 4.78 is 6.63. The highest BCUT2D eigenvalue weighted by Crippen LogP contribution is 2.08. The molecule has 1 fully saturated rings. The molecule has 1 aromatic rings. The van der Waals surface area contributed by atoms with E-state index >= 15 is 0 Å². The Bertz CT molecular complexity index is 463. The zero-order valence-electron chi connectivity index (χ0n) is 11.2. The fourth-order valence-corrected chi connectivity index (χ4v) is 2.03. The van der Waals surface area contributed by atoms with Crippen molar-refractivity contribution in [1.29, 1.82) is 0 Å². The van der Waals surface area contributed by atoms with Crippen molar-refractivity contribution in [2.45, 2.75) is 6.92 Å². The molecule has 0 saturated carbocycles. The van der Waals surface area contributed by atoms with E-state index in [0.717, 1.165) is 0 Å². The minimum Gasteiger partial charge on any atom is -0.450 e. The number of amides is 2. The van der Waals surface area contributed by atoms with Crippen LogP contribution in [-0.2, 0) is 11.8 Å². The number of piperazine rings is 1. The lowest BCUT2D eigenvalue weighted by atomic mass is 10.3. The van der Waals surface area contributed by atoms with Gasteiger partial charge in [-0.25, -0.2) is 9.78 Å². The summed E-state index contributed by atoms with van der Waals surface area (Å²) in [5, 5.41) is 0. The molecule has 0 aromatic carbocycles. The first-order valence-corrected chi connectivity index (χ1v) is 6.30. The maximum Gasteiger partial charge on any atom is 0.409 e. The molecule has 1 aromatic heterocycles. The molecule has 2 amide bonds. The minimum atomic E-state index is -0.310. The van der Waals surface area contributed by atoms with E-state index in [0.29, 0.717) is 38.5 Å². The Morgan fingerprint density at radius 3 is 2.42 bits per heavy atom. The largest absolute Gasteiger partial charge is 0.450 e. The first-order chi connectivity index (χ1) is 9.13. The fraction of sp³-hybridized carbons (Fsp3) is 0.583. The zero-order valence-corrected chi connectivity index (χ0v) is 11.2. The van der Waals surface area contributed by atoms with Gasteiger partial charge in [0.2, 0.25) is 0 Å². The van der Waals surface area contributed by atoms with Crippen LogP contribution in [0.5, 0.6) is 0 Å². The second kappa shape index (κ2) is 5.73. The van der Waals surface area contributed by atoms with E-state index in [2.05, 4.69) is 4.98 Å². The van der Waals surface area contributed by atoms with Crippen molar-refractivity contribution in [3.05, 3.63) is 18.2 Å². The number of aromatic nitrogens is 2. The molecule has 0 bridgehead atoms. The Kier molecular flexibility index (Phi) is 4.03. The summed E-state index contributed by atoms with van der Waals surface area (Å²) in [6.45, 7) is 4.18. The molecular formula is C12H18N4O3. The Morgan fingerprint density at radius 2 is 1.89 bits per heavy atom. The van der Waals surface area contributed by atoms with Crippen LogP contribution in [0.2, 0.25) is 0 Å². The van der Waals surface area contributed by atoms with Crippen molar-refractivity contribution in [2.75, 3.05) is 32.8 Å². The van der Waals surface area contributed by atoms with E-state index in [1.54, 1.807) is 40.9 Å². The SMILES string of the molecule is CCOC(=O)N1CCN(C(=O)c2cncn2C)CC1. The smallest absolute Gasteiger partial charge is 0.409 e. The normalized spacial score (nSPS) is 15.5. The van der Waals surface area contributed by atoms with Crippen LogP contribution in [0, 0.1) is 0 Å². The number of aryl methyl sites for hydroxylation is 1. The summed E-state index contributed by atoms with van der Waals surface area (Å²) in [5.41, 5.74) is 0.560. The summed E-state index contributed by atoms with van der Waals surface area (Å²) in [4.78, 5) is 31.0. The molecule has 1 aliphatic heterocycles. The quantitative estimate of drug-likeness (QED) is 0.774. The van der Waals surface area contributed by atoms with Gasteiger partial charge in [-0.1, -0.05) is 0 Å². The molecule has 7 nitrogen and oxygen atoms in total. The van der Waals surface area contributed by atoms with Gasteiger partial charge in [0.05, 0.1) is 19.1 Å². The second-order valence-electron chi connectivity index (χ2n) is 4.37. The second-order valence-corrected chi connectivity index (χ2v) is 4.37. The first kappa shape index (κ1) is 13.4. The predicted molar refractivity (Wildman–Crippen MR) is 67.7 cm³/mol. The summed E-state index contributed by atoms with van der Waals surface area (Å²) >= 11 is 0. The van der Waals surface area contributed by atoms with E-state index < -0.39 is 0 Å². The third-order valence-electron chi connectivity index (χ3n) is 3.13. The van der Waals surface area contributed by atoms with Crippen molar-refractivity contribution in [2.24, 2.45) is 7.05 Å². The monoisotopic (exact) mass is 266 g/mol. The molecule has 2 heterocycles. The molecule has 0 aliphatic carbocycles. The van der Waals surface area contributed by atoms with Gasteiger partial charge in [0, 0.05) is 33.2 Å². The standard InChI is InChI=1S/C12H18N4O3/c1-3-19-12(18)16-6-4-15(5-7-16)11(17)10-8-13-9-14(10)2/h8-9H,3-7H2,1-2H3. The van der Waals surface area contributed by atoms with Gasteiger partial charge >= 0.3 is 6.09 Å². The van der Waals surface area contributed by atoms with Gasteiger partial charge < -0.3 is 19.1 Å². The van der Waals surface area contributed by atoms with Crippen LogP contribution in [0.25, 0.3) is 0 Å². The summed E-state index contributed by atoms with van der Waals surface area (Å²) in [7, 11) is 1.79. The fourth-order valence-electron chi connectivity index (χ4n) is 2.03. The lowest BCUT2D eigenvalue weighted by Crippen LogP contribution is -2.51. The average molecular weight is 266 g/mol. The Hall–Kier alpha value is -2.05. The molecule has 2 rings (SSSR count). The van der Waals surface area contributed by atoms with Gasteiger partial charge in [-0.2, -0.15) is 0 Å². The lowest BCUT2D eigenvalue weighted by Gasteiger charge is -2.33. The molecule has 0 unspecified atom stereocenters. The van der Waals surface area contributed by atoms with Crippen molar-refractivity contribution >= 4 is 12.0 Å². The molecule has 0 radical (unpaired) electrons. The molecule has 0 N–H and O–H groups in total. The van der Waals surface area contributed by atoms with Crippen LogP contribution < -0.4 is 0 Å². The van der Waals surface area contributed by atoms with E-state index in [4.69, 9.17) is 4.74 Å². The van der Waals surface area contributed by atoms with E-state index in [1.807, 2.05) is 0 Å². The molecule has 104 valence electrons. The maximum atomic E-state index is 12.2. The van der Waals surface area contributed by atoms with E-state index in [-0.39, 0.29) is 12.0 Å². The molecule has 0 spiro atoms. The number of carbonyl (C=O) groups excluding carboxylic acids is 2. The predicted octanol–water partition coefficient (Wildman–Crippen LogP) is 0.334. The van der Waals surface area contributed by atoms with Crippen molar-refractivity contribution in [1.82, 2.24) is 19.4 Å². The Morgan fingerprint density at radius 1 is 1.26 bits per heavy atom. The topological polar surface area (TPSA) is 67.7 Å². The molecular weight excluding hydrogens is 248 g/mol. The number of hydrogen-bond acceptors (Lipinski definition) is 4. The Balaban J connectivity index is 1.92. The number of rotatable bonds is 2. The zero-order chi connectivity index (χ0) is 13.8. The highest BCUT2D eigenvalue weighted by Gasteiger charge is 2.26. The van der Waals surface area contributed by atoms with Gasteiger partial charge in [0.1, 0.15) is 5.69 Å². The first-order valence-electron chi connectivity index (χ1n) is 6.30. The van der Waals surface area contributed by atoms with Crippen molar-refractivity contribution < 1.29 is 14.3 Å². The molecule has 7 heteroatoms. The van der Waals surface area contributed by atoms with Crippen LogP contribution >= 0.6 is 0 Å². The number of ether oxygens (including phenoxy) is 1. The van der Waals surface area contributed by atoms with Gasteiger partial charge in [-0.05, 0) is 6.92 Å². The molecule has 19 heavy (non-hydrogen) atoms. The number of nitrogens with zero attached hydrogens (tertiary/aromatic N) is 4. The lowest BCUT2D eigenvalue weighted by molar-refractivity contribution is 0.0563. The van der Waals surface area contributed by atoms with Crippen molar-refractivity contribution in [3.63, 3.8) is 0 Å². The highest BCUT2D eigenvalue weighted by molar-refractivity contribution is 5.92. The van der Waals surface area contributed by atoms with Crippen molar-refractivity contribution in [3.8, 4) is 0 Å². The third-order valence-corrected chi connectivity index (χ3v) is 3.13. The summed E-state index contributed by atoms with van der Waals surface area (Å²) in [5.74, 6) is -0.0523. The van der Waals surface area contributed by atoms with Gasteiger partial charge in [0.15, 0.2) is 0 Å². The van der Waals surface area contributed by atoms with Crippen LogP contribution in [0.3, 0.4) is 0 Å². The van der Waals surface area contributed by atoms with Gasteiger partial charge in [-0.15, -0.1) is 0 Å². The minimum absolute atomic E-state index is 0.0523. The van der Waals surface area contributed by atoms with Crippen LogP contribution in [0.1, 0.15) is 17.4 Å². The van der Waals surface area contributed by atoms with Gasteiger partial charge in [-0.3, -0.25) is 4.79 Å². The molecule has 1 aliphatic rings. The third kappa shape index (κ3) is 2.86. The van der Waals surface area contributed by atoms with E-state index in [9.17, 15) is 9.59 Å². The van der Waals surface area contributed by atoms with Crippen LogP contribution in [0.15, 0.2) is 12.5 Å². The summed E-state index contributed by atoms with van der Waals surface area (Å²) in [6.07, 6.45) is 2.84. The number of hydrogen-bond donors (Lipinski definition) is 0. The molecule has 1 saturated heterocycles. The van der Waals surface area contributed by atoms with Crippen LogP contribution in [0.4, 0.5) is 4.79 Å². The maximum absolute atomic E-state index is 12.2. The van der Waals surface area contributed by atoms with Crippen LogP contribution in [-0.4, -0.2) is 64.1 Å². The highest BCUT2D eigenvalue weighted by atomic mass is 16.6. The van der Waals surface area contributed by atoms with Gasteiger partial charge in [0.25, 0.3) is 5.91 Å². The number of carbonyl (C=O) groups is 2. The number of imidazole rings is 1. The molecule has 0 atom stereocenters. The average Bonchev–Trinajstić information content (AvgIpc) is 2.84. The summed E-state index contributed by atoms with van der Waals surface area (Å²) in [6, 6.07) is 0. The van der Waals surface area contributed by atoms with E-state index in [1.165, 1.54) is 0 Å².